The Morgan fingerprint density at radius 2 is 1.34 bits per heavy atom. The van der Waals surface area contributed by atoms with Gasteiger partial charge >= 0.3 is 0 Å². The zero-order valence-corrected chi connectivity index (χ0v) is 24.9. The van der Waals surface area contributed by atoms with Crippen molar-refractivity contribution in [2.24, 2.45) is 0 Å². The molecule has 3 heterocycles. The van der Waals surface area contributed by atoms with Gasteiger partial charge < -0.3 is 50.1 Å². The van der Waals surface area contributed by atoms with Crippen LogP contribution in [0.25, 0.3) is 0 Å². The highest BCUT2D eigenvalue weighted by Crippen LogP contribution is 2.27. The van der Waals surface area contributed by atoms with Gasteiger partial charge in [0.15, 0.2) is 0 Å². The molecule has 0 spiro atoms. The average molecular weight is 621 g/mol. The van der Waals surface area contributed by atoms with Gasteiger partial charge in [-0.15, -0.1) is 12.4 Å². The Hall–Kier alpha value is -3.46. The van der Waals surface area contributed by atoms with E-state index in [9.17, 15) is 9.90 Å². The summed E-state index contributed by atoms with van der Waals surface area (Å²) in [7, 11) is 0. The van der Waals surface area contributed by atoms with Crippen LogP contribution in [0, 0.1) is 0 Å². The molecule has 2 fully saturated rings. The molecule has 2 aliphatic heterocycles. The number of phenols is 1. The molecule has 2 aliphatic rings. The number of carbonyl (C=O) groups excluding carboxylic acids is 1. The third-order valence-electron chi connectivity index (χ3n) is 6.47. The summed E-state index contributed by atoms with van der Waals surface area (Å²) in [5.41, 5.74) is 1.28. The Bertz CT molecular complexity index is 1220. The van der Waals surface area contributed by atoms with Gasteiger partial charge in [0, 0.05) is 54.3 Å². The van der Waals surface area contributed by atoms with Crippen LogP contribution in [0.3, 0.4) is 0 Å². The monoisotopic (exact) mass is 619 g/mol. The molecular formula is C26H51Cl2N11O2. The minimum Gasteiger partial charge on any atom is -0.507 e. The Morgan fingerprint density at radius 1 is 0.780 bits per heavy atom. The molecule has 0 bridgehead atoms. The molecule has 15 N–H and O–H groups in total. The van der Waals surface area contributed by atoms with Gasteiger partial charge in [0.2, 0.25) is 17.8 Å². The van der Waals surface area contributed by atoms with Gasteiger partial charge in [-0.05, 0) is 68.9 Å². The fourth-order valence-corrected chi connectivity index (χ4v) is 4.77. The molecular weight excluding hydrogens is 569 g/mol. The number of halogens is 2. The van der Waals surface area contributed by atoms with Crippen molar-refractivity contribution in [3.05, 3.63) is 53.1 Å². The van der Waals surface area contributed by atoms with E-state index in [0.717, 1.165) is 51.9 Å². The molecule has 1 aromatic heterocycles. The zero-order valence-electron chi connectivity index (χ0n) is 23.3. The van der Waals surface area contributed by atoms with Gasteiger partial charge in [-0.1, -0.05) is 17.7 Å². The lowest BCUT2D eigenvalue weighted by molar-refractivity contribution is 0.102. The number of hydrogen-bond donors (Lipinski definition) is 7. The summed E-state index contributed by atoms with van der Waals surface area (Å²) in [6.07, 6.45) is 6.95. The fourth-order valence-electron chi connectivity index (χ4n) is 4.58. The number of aromatic nitrogens is 3. The van der Waals surface area contributed by atoms with Crippen LogP contribution >= 0.6 is 24.0 Å². The topological polar surface area (TPSA) is 247 Å². The molecule has 2 saturated heterocycles. The van der Waals surface area contributed by atoms with E-state index in [2.05, 4.69) is 20.4 Å². The van der Waals surface area contributed by atoms with Gasteiger partial charge in [-0.2, -0.15) is 15.0 Å². The van der Waals surface area contributed by atoms with Gasteiger partial charge in [0.25, 0.3) is 5.91 Å². The molecule has 1 amide bonds. The van der Waals surface area contributed by atoms with Gasteiger partial charge in [0.1, 0.15) is 5.75 Å². The molecule has 15 heteroatoms. The first-order chi connectivity index (χ1) is 17.5. The Kier molecular flexibility index (Phi) is 15.9. The summed E-state index contributed by atoms with van der Waals surface area (Å²) in [6.45, 7) is 3.72. The molecule has 0 aliphatic carbocycles. The van der Waals surface area contributed by atoms with Crippen LogP contribution in [0.5, 0.6) is 5.75 Å². The summed E-state index contributed by atoms with van der Waals surface area (Å²) in [6, 6.07) is 11.6. The van der Waals surface area contributed by atoms with Crippen LogP contribution in [0.2, 0.25) is 5.02 Å². The maximum atomic E-state index is 12.7. The molecule has 0 unspecified atom stereocenters. The summed E-state index contributed by atoms with van der Waals surface area (Å²) >= 11 is 5.99. The first kappa shape index (κ1) is 37.5. The van der Waals surface area contributed by atoms with Crippen molar-refractivity contribution in [2.45, 2.75) is 38.5 Å². The highest BCUT2D eigenvalue weighted by molar-refractivity contribution is 6.31. The van der Waals surface area contributed by atoms with E-state index in [1.807, 2.05) is 0 Å². The standard InChI is InChI=1S/C26H30ClN7O2.ClH.4H3N.4H2/c27-18-8-7-9-19(16-18)28-23(36)21-11-10-20(17-22(21)35)29-24-30-25(33-12-3-1-4-13-33)32-26(31-24)34-14-5-2-6-15-34;;;;;;;;;/h7-11,16-17,35H,1-6,12-15H2,(H,28,36)(H,29,30,31,32);1H;4*1H3;4*1H. The molecule has 2 aromatic carbocycles. The Labute approximate surface area is 258 Å². The lowest BCUT2D eigenvalue weighted by Gasteiger charge is -2.30. The maximum Gasteiger partial charge on any atom is 0.259 e. The number of anilines is 5. The van der Waals surface area contributed by atoms with Gasteiger partial charge in [0.05, 0.1) is 5.56 Å². The highest BCUT2D eigenvalue weighted by atomic mass is 35.5. The van der Waals surface area contributed by atoms with E-state index >= 15 is 0 Å². The predicted molar refractivity (Wildman–Crippen MR) is 179 cm³/mol. The number of piperidine rings is 2. The van der Waals surface area contributed by atoms with Crippen molar-refractivity contribution < 1.29 is 15.6 Å². The summed E-state index contributed by atoms with van der Waals surface area (Å²) in [5, 5.41) is 17.1. The Morgan fingerprint density at radius 3 is 1.85 bits per heavy atom. The third-order valence-corrected chi connectivity index (χ3v) is 6.71. The van der Waals surface area contributed by atoms with E-state index < -0.39 is 5.91 Å². The number of amides is 1. The number of phenolic OH excluding ortho intramolecular Hbond substituents is 1. The van der Waals surface area contributed by atoms with E-state index in [-0.39, 0.29) is 54.0 Å². The van der Waals surface area contributed by atoms with Crippen LogP contribution in [0.4, 0.5) is 29.2 Å². The summed E-state index contributed by atoms with van der Waals surface area (Å²) < 4.78 is 0. The lowest BCUT2D eigenvalue weighted by atomic mass is 10.1. The molecule has 3 aromatic rings. The summed E-state index contributed by atoms with van der Waals surface area (Å²) in [4.78, 5) is 31.3. The van der Waals surface area contributed by atoms with E-state index in [4.69, 9.17) is 26.6 Å². The smallest absolute Gasteiger partial charge is 0.259 e. The van der Waals surface area contributed by atoms with Crippen molar-refractivity contribution in [1.29, 1.82) is 0 Å². The van der Waals surface area contributed by atoms with Crippen LogP contribution < -0.4 is 45.0 Å². The second-order valence-corrected chi connectivity index (χ2v) is 9.61. The predicted octanol–water partition coefficient (Wildman–Crippen LogP) is 7.26. The fraction of sp³-hybridized carbons (Fsp3) is 0.385. The van der Waals surface area contributed by atoms with Crippen LogP contribution in [-0.2, 0) is 0 Å². The van der Waals surface area contributed by atoms with Gasteiger partial charge in [-0.3, -0.25) is 4.79 Å². The molecule has 41 heavy (non-hydrogen) atoms. The number of nitrogens with one attached hydrogen (secondary N) is 2. The quantitative estimate of drug-likeness (QED) is 0.144. The number of nitrogens with zero attached hydrogens (tertiary/aromatic N) is 5. The van der Waals surface area contributed by atoms with E-state index in [1.54, 1.807) is 36.4 Å². The lowest BCUT2D eigenvalue weighted by Crippen LogP contribution is -2.34. The number of rotatable bonds is 6. The first-order valence-electron chi connectivity index (χ1n) is 12.5. The highest BCUT2D eigenvalue weighted by Gasteiger charge is 2.21. The SMILES string of the molecule is Cl.N.N.N.N.O=C(Nc1cccc(Cl)c1)c1ccc(Nc2nc(N3CCCCC3)nc(N3CCCCC3)n2)cc1O.[HH].[HH].[HH].[HH]. The van der Waals surface area contributed by atoms with Crippen LogP contribution in [0.15, 0.2) is 42.5 Å². The van der Waals surface area contributed by atoms with E-state index in [0.29, 0.717) is 34.2 Å². The van der Waals surface area contributed by atoms with Crippen molar-refractivity contribution in [3.63, 3.8) is 0 Å². The maximum absolute atomic E-state index is 12.7. The minimum absolute atomic E-state index is 0. The summed E-state index contributed by atoms with van der Waals surface area (Å²) in [5.74, 6) is 1.19. The Balaban J connectivity index is -0.000000593. The van der Waals surface area contributed by atoms with Crippen molar-refractivity contribution in [3.8, 4) is 5.75 Å². The number of hydrogen-bond acceptors (Lipinski definition) is 12. The molecule has 236 valence electrons. The number of benzene rings is 2. The third kappa shape index (κ3) is 9.56. The van der Waals surface area contributed by atoms with E-state index in [1.165, 1.54) is 18.9 Å². The molecule has 13 nitrogen and oxygen atoms in total. The molecule has 0 saturated carbocycles. The zero-order chi connectivity index (χ0) is 24.9. The normalized spacial score (nSPS) is 14.1. The van der Waals surface area contributed by atoms with Crippen molar-refractivity contribution >= 4 is 59.1 Å². The van der Waals surface area contributed by atoms with Gasteiger partial charge in [-0.25, -0.2) is 0 Å². The molecule has 5 rings (SSSR count). The molecule has 0 atom stereocenters. The second-order valence-electron chi connectivity index (χ2n) is 9.18. The second kappa shape index (κ2) is 17.4. The van der Waals surface area contributed by atoms with Crippen LogP contribution in [-0.4, -0.2) is 52.1 Å². The number of carbonyl (C=O) groups is 1. The first-order valence-corrected chi connectivity index (χ1v) is 12.9. The van der Waals surface area contributed by atoms with Crippen LogP contribution in [0.1, 0.15) is 54.6 Å². The average Bonchev–Trinajstić information content (AvgIpc) is 2.89. The minimum atomic E-state index is -0.429. The molecule has 0 radical (unpaired) electrons. The largest absolute Gasteiger partial charge is 0.507 e. The van der Waals surface area contributed by atoms with Crippen molar-refractivity contribution in [2.75, 3.05) is 46.6 Å². The number of aromatic hydroxyl groups is 1. The van der Waals surface area contributed by atoms with Crippen molar-refractivity contribution in [1.82, 2.24) is 39.6 Å².